The first-order valence-corrected chi connectivity index (χ1v) is 10.9. The van der Waals surface area contributed by atoms with Crippen LogP contribution in [0.2, 0.25) is 0 Å². The minimum Gasteiger partial charge on any atom is -0.497 e. The fraction of sp³-hybridized carbons (Fsp3) is 0.565. The molecule has 7 heteroatoms. The molecule has 0 saturated heterocycles. The van der Waals surface area contributed by atoms with E-state index in [2.05, 4.69) is 15.2 Å². The molecule has 0 spiro atoms. The Bertz CT molecular complexity index is 903. The summed E-state index contributed by atoms with van der Waals surface area (Å²) in [6.07, 6.45) is 6.50. The van der Waals surface area contributed by atoms with Crippen LogP contribution >= 0.6 is 0 Å². The summed E-state index contributed by atoms with van der Waals surface area (Å²) in [5.41, 5.74) is 1.19. The molecule has 1 aliphatic carbocycles. The molecule has 1 aromatic carbocycles. The largest absolute Gasteiger partial charge is 0.497 e. The van der Waals surface area contributed by atoms with E-state index >= 15 is 0 Å². The number of fused-ring (bicyclic) bond motifs is 1. The van der Waals surface area contributed by atoms with E-state index in [9.17, 15) is 9.59 Å². The molecule has 30 heavy (non-hydrogen) atoms. The number of methoxy groups -OCH3 is 1. The summed E-state index contributed by atoms with van der Waals surface area (Å²) in [5, 5.41) is 4.09. The Morgan fingerprint density at radius 2 is 1.93 bits per heavy atom. The van der Waals surface area contributed by atoms with Crippen molar-refractivity contribution in [3.63, 3.8) is 0 Å². The number of hydrogen-bond acceptors (Lipinski definition) is 4. The molecule has 2 N–H and O–H groups in total. The number of hydrogen-bond donors (Lipinski definition) is 2. The predicted octanol–water partition coefficient (Wildman–Crippen LogP) is 3.33. The maximum Gasteiger partial charge on any atom is 0.317 e. The van der Waals surface area contributed by atoms with Crippen molar-refractivity contribution in [3.05, 3.63) is 40.2 Å². The van der Waals surface area contributed by atoms with Gasteiger partial charge in [0.05, 0.1) is 13.7 Å². The topological polar surface area (TPSA) is 77.7 Å². The molecule has 0 radical (unpaired) electrons. The number of aromatic amines is 1. The van der Waals surface area contributed by atoms with Crippen LogP contribution in [0.3, 0.4) is 0 Å². The van der Waals surface area contributed by atoms with Gasteiger partial charge in [0.15, 0.2) is 0 Å². The van der Waals surface area contributed by atoms with Crippen LogP contribution in [-0.4, -0.2) is 61.2 Å². The summed E-state index contributed by atoms with van der Waals surface area (Å²) in [7, 11) is 5.66. The summed E-state index contributed by atoms with van der Waals surface area (Å²) in [4.78, 5) is 32.5. The van der Waals surface area contributed by atoms with Crippen LogP contribution in [0, 0.1) is 0 Å². The van der Waals surface area contributed by atoms with E-state index in [0.29, 0.717) is 12.1 Å². The normalized spacial score (nSPS) is 14.8. The zero-order valence-electron chi connectivity index (χ0n) is 18.4. The van der Waals surface area contributed by atoms with Crippen molar-refractivity contribution in [1.82, 2.24) is 20.1 Å². The maximum absolute atomic E-state index is 13.0. The van der Waals surface area contributed by atoms with Gasteiger partial charge >= 0.3 is 6.03 Å². The van der Waals surface area contributed by atoms with Crippen LogP contribution in [0.1, 0.15) is 44.1 Å². The van der Waals surface area contributed by atoms with E-state index in [1.165, 1.54) is 6.42 Å². The number of pyridine rings is 1. The minimum absolute atomic E-state index is 0.0780. The third-order valence-corrected chi connectivity index (χ3v) is 5.74. The molecule has 1 fully saturated rings. The first-order chi connectivity index (χ1) is 14.5. The Kier molecular flexibility index (Phi) is 7.74. The highest BCUT2D eigenvalue weighted by Gasteiger charge is 2.21. The molecule has 1 saturated carbocycles. The summed E-state index contributed by atoms with van der Waals surface area (Å²) >= 11 is 0. The van der Waals surface area contributed by atoms with Crippen molar-refractivity contribution in [1.29, 1.82) is 0 Å². The second kappa shape index (κ2) is 10.5. The smallest absolute Gasteiger partial charge is 0.317 e. The van der Waals surface area contributed by atoms with Gasteiger partial charge in [0, 0.05) is 29.1 Å². The van der Waals surface area contributed by atoms with Crippen LogP contribution in [0.5, 0.6) is 5.75 Å². The molecule has 0 bridgehead atoms. The van der Waals surface area contributed by atoms with E-state index in [4.69, 9.17) is 4.74 Å². The maximum atomic E-state index is 13.0. The number of nitrogens with one attached hydrogen (secondary N) is 2. The van der Waals surface area contributed by atoms with Gasteiger partial charge in [0.2, 0.25) is 0 Å². The molecule has 7 nitrogen and oxygen atoms in total. The number of benzene rings is 1. The summed E-state index contributed by atoms with van der Waals surface area (Å²) in [6.45, 7) is 1.78. The van der Waals surface area contributed by atoms with Crippen molar-refractivity contribution >= 4 is 16.9 Å². The van der Waals surface area contributed by atoms with Crippen LogP contribution in [0.25, 0.3) is 10.9 Å². The summed E-state index contributed by atoms with van der Waals surface area (Å²) < 4.78 is 5.30. The van der Waals surface area contributed by atoms with E-state index in [-0.39, 0.29) is 24.2 Å². The van der Waals surface area contributed by atoms with Crippen molar-refractivity contribution in [2.24, 2.45) is 0 Å². The van der Waals surface area contributed by atoms with Gasteiger partial charge < -0.3 is 24.8 Å². The number of carbonyl (C=O) groups excluding carboxylic acids is 1. The SMILES string of the molecule is COc1ccc2[nH]c(=O)c(CN(CCCN(C)C)C(=O)NC3CCCCC3)cc2c1. The summed E-state index contributed by atoms with van der Waals surface area (Å²) in [5.74, 6) is 0.735. The molecule has 1 aliphatic rings. The number of H-pyrrole nitrogens is 1. The Morgan fingerprint density at radius 3 is 2.63 bits per heavy atom. The Balaban J connectivity index is 1.78. The first kappa shape index (κ1) is 22.2. The highest BCUT2D eigenvalue weighted by molar-refractivity contribution is 5.81. The molecule has 2 amide bonds. The van der Waals surface area contributed by atoms with Crippen molar-refractivity contribution in [2.75, 3.05) is 34.3 Å². The number of nitrogens with zero attached hydrogens (tertiary/aromatic N) is 2. The molecule has 0 atom stereocenters. The van der Waals surface area contributed by atoms with Crippen molar-refractivity contribution in [2.45, 2.75) is 51.1 Å². The number of rotatable bonds is 8. The van der Waals surface area contributed by atoms with Crippen LogP contribution in [-0.2, 0) is 6.54 Å². The van der Waals surface area contributed by atoms with Crippen molar-refractivity contribution < 1.29 is 9.53 Å². The van der Waals surface area contributed by atoms with Gasteiger partial charge in [-0.25, -0.2) is 4.79 Å². The van der Waals surface area contributed by atoms with Gasteiger partial charge in [-0.1, -0.05) is 19.3 Å². The van der Waals surface area contributed by atoms with Gasteiger partial charge in [-0.2, -0.15) is 0 Å². The van der Waals surface area contributed by atoms with Crippen LogP contribution in [0.4, 0.5) is 4.79 Å². The lowest BCUT2D eigenvalue weighted by Crippen LogP contribution is -2.46. The van der Waals surface area contributed by atoms with Crippen LogP contribution in [0.15, 0.2) is 29.1 Å². The second-order valence-electron chi connectivity index (χ2n) is 8.44. The van der Waals surface area contributed by atoms with E-state index < -0.39 is 0 Å². The molecule has 0 unspecified atom stereocenters. The molecule has 1 aromatic heterocycles. The van der Waals surface area contributed by atoms with Crippen molar-refractivity contribution in [3.8, 4) is 5.75 Å². The van der Waals surface area contributed by atoms with Gasteiger partial charge in [-0.05, 0) is 64.2 Å². The number of aromatic nitrogens is 1. The Hall–Kier alpha value is -2.54. The average Bonchev–Trinajstić information content (AvgIpc) is 2.73. The molecule has 0 aliphatic heterocycles. The van der Waals surface area contributed by atoms with Crippen LogP contribution < -0.4 is 15.6 Å². The quantitative estimate of drug-likeness (QED) is 0.695. The second-order valence-corrected chi connectivity index (χ2v) is 8.44. The Morgan fingerprint density at radius 1 is 1.17 bits per heavy atom. The molecule has 3 rings (SSSR count). The monoisotopic (exact) mass is 414 g/mol. The fourth-order valence-electron chi connectivity index (χ4n) is 4.02. The predicted molar refractivity (Wildman–Crippen MR) is 120 cm³/mol. The number of carbonyl (C=O) groups is 1. The zero-order valence-corrected chi connectivity index (χ0v) is 18.4. The highest BCUT2D eigenvalue weighted by atomic mass is 16.5. The molecule has 1 heterocycles. The molecular weight excluding hydrogens is 380 g/mol. The zero-order chi connectivity index (χ0) is 21.5. The highest BCUT2D eigenvalue weighted by Crippen LogP contribution is 2.20. The third-order valence-electron chi connectivity index (χ3n) is 5.74. The minimum atomic E-state index is -0.157. The molecule has 164 valence electrons. The van der Waals surface area contributed by atoms with Gasteiger partial charge in [-0.15, -0.1) is 0 Å². The average molecular weight is 415 g/mol. The third kappa shape index (κ3) is 5.98. The van der Waals surface area contributed by atoms with Gasteiger partial charge in [0.25, 0.3) is 5.56 Å². The van der Waals surface area contributed by atoms with Gasteiger partial charge in [-0.3, -0.25) is 4.79 Å². The number of ether oxygens (including phenoxy) is 1. The van der Waals surface area contributed by atoms with E-state index in [1.807, 2.05) is 38.4 Å². The number of urea groups is 1. The fourth-order valence-corrected chi connectivity index (χ4v) is 4.02. The lowest BCUT2D eigenvalue weighted by atomic mass is 9.96. The van der Waals surface area contributed by atoms with E-state index in [0.717, 1.165) is 55.3 Å². The molecular formula is C23H34N4O3. The number of amides is 2. The first-order valence-electron chi connectivity index (χ1n) is 10.9. The summed E-state index contributed by atoms with van der Waals surface area (Å²) in [6, 6.07) is 7.58. The lowest BCUT2D eigenvalue weighted by molar-refractivity contribution is 0.184. The molecule has 2 aromatic rings. The Labute approximate surface area is 178 Å². The van der Waals surface area contributed by atoms with E-state index in [1.54, 1.807) is 12.0 Å². The standard InChI is InChI=1S/C23H34N4O3/c1-26(2)12-7-13-27(23(29)24-19-8-5-4-6-9-19)16-18-14-17-15-20(30-3)10-11-21(17)25-22(18)28/h10-11,14-15,19H,4-9,12-13,16H2,1-3H3,(H,24,29)(H,25,28). The lowest BCUT2D eigenvalue weighted by Gasteiger charge is -2.28. The van der Waals surface area contributed by atoms with Gasteiger partial charge in [0.1, 0.15) is 5.75 Å².